The predicted molar refractivity (Wildman–Crippen MR) is 140 cm³/mol. The van der Waals surface area contributed by atoms with E-state index in [1.54, 1.807) is 11.1 Å². The number of hydrogen-bond donors (Lipinski definition) is 0. The van der Waals surface area contributed by atoms with Crippen LogP contribution >= 0.6 is 7.92 Å². The van der Waals surface area contributed by atoms with Crippen LogP contribution in [0.3, 0.4) is 0 Å². The highest BCUT2D eigenvalue weighted by Crippen LogP contribution is 2.74. The van der Waals surface area contributed by atoms with Crippen LogP contribution in [0.2, 0.25) is 0 Å². The Morgan fingerprint density at radius 3 is 1.63 bits per heavy atom. The third-order valence-electron chi connectivity index (χ3n) is 6.63. The van der Waals surface area contributed by atoms with Crippen LogP contribution in [0.5, 0.6) is 0 Å². The van der Waals surface area contributed by atoms with E-state index in [1.165, 1.54) is 11.1 Å². The molecule has 1 heteroatoms. The number of allylic oxidation sites excluding steroid dienone is 4. The average Bonchev–Trinajstić information content (AvgIpc) is 2.58. The van der Waals surface area contributed by atoms with Crippen molar-refractivity contribution in [2.45, 2.75) is 111 Å². The van der Waals surface area contributed by atoms with Gasteiger partial charge in [-0.15, -0.1) is 0 Å². The molecule has 0 amide bonds. The highest BCUT2D eigenvalue weighted by atomic mass is 31.1. The first kappa shape index (κ1) is 25.4. The fourth-order valence-corrected chi connectivity index (χ4v) is 11.6. The van der Waals surface area contributed by atoms with Crippen LogP contribution in [0.15, 0.2) is 42.0 Å². The van der Waals surface area contributed by atoms with Crippen molar-refractivity contribution < 1.29 is 0 Å². The summed E-state index contributed by atoms with van der Waals surface area (Å²) in [5, 5.41) is 0.724. The van der Waals surface area contributed by atoms with Gasteiger partial charge in [-0.25, -0.2) is 0 Å². The summed E-state index contributed by atoms with van der Waals surface area (Å²) in [7, 11) is -0.328. The summed E-state index contributed by atoms with van der Waals surface area (Å²) in [6, 6.07) is 9.57. The van der Waals surface area contributed by atoms with E-state index in [0.717, 1.165) is 6.42 Å². The Hall–Kier alpha value is -0.870. The quantitative estimate of drug-likeness (QED) is 0.411. The van der Waals surface area contributed by atoms with Crippen molar-refractivity contribution in [3.63, 3.8) is 0 Å². The van der Waals surface area contributed by atoms with Gasteiger partial charge in [0.05, 0.1) is 0 Å². The van der Waals surface area contributed by atoms with Gasteiger partial charge in [0.2, 0.25) is 0 Å². The Labute approximate surface area is 189 Å². The highest BCUT2D eigenvalue weighted by molar-refractivity contribution is 7.63. The molecule has 1 aromatic rings. The molecule has 0 spiro atoms. The number of hydrogen-bond acceptors (Lipinski definition) is 0. The van der Waals surface area contributed by atoms with E-state index in [4.69, 9.17) is 0 Å². The molecule has 1 unspecified atom stereocenters. The zero-order valence-electron chi connectivity index (χ0n) is 21.9. The van der Waals surface area contributed by atoms with Crippen molar-refractivity contribution in [3.8, 4) is 0 Å². The van der Waals surface area contributed by atoms with Crippen LogP contribution in [0.25, 0.3) is 5.57 Å². The van der Waals surface area contributed by atoms with Gasteiger partial charge in [0.25, 0.3) is 0 Å². The molecule has 1 atom stereocenters. The minimum Gasteiger partial charge on any atom is -0.0841 e. The molecular weight excluding hydrogens is 379 g/mol. The second-order valence-corrected chi connectivity index (χ2v) is 16.3. The molecule has 0 fully saturated rings. The Morgan fingerprint density at radius 2 is 1.27 bits per heavy atom. The van der Waals surface area contributed by atoms with Gasteiger partial charge in [0.15, 0.2) is 0 Å². The largest absolute Gasteiger partial charge is 0.0841 e. The van der Waals surface area contributed by atoms with E-state index >= 15 is 0 Å². The molecule has 0 heterocycles. The molecule has 0 bridgehead atoms. The molecule has 0 saturated heterocycles. The van der Waals surface area contributed by atoms with E-state index < -0.39 is 0 Å². The van der Waals surface area contributed by atoms with Gasteiger partial charge >= 0.3 is 0 Å². The van der Waals surface area contributed by atoms with Crippen LogP contribution in [-0.2, 0) is 0 Å². The maximum atomic E-state index is 2.49. The molecular formula is C29H47P. The van der Waals surface area contributed by atoms with E-state index in [2.05, 4.69) is 120 Å². The summed E-state index contributed by atoms with van der Waals surface area (Å²) in [5.74, 6) is 1.68. The van der Waals surface area contributed by atoms with Crippen molar-refractivity contribution in [2.24, 2.45) is 11.8 Å². The third kappa shape index (κ3) is 4.80. The summed E-state index contributed by atoms with van der Waals surface area (Å²) >= 11 is 0. The lowest BCUT2D eigenvalue weighted by Gasteiger charge is -2.58. The summed E-state index contributed by atoms with van der Waals surface area (Å²) < 4.78 is 0. The van der Waals surface area contributed by atoms with Crippen LogP contribution in [0.4, 0.5) is 0 Å². The van der Waals surface area contributed by atoms with Gasteiger partial charge in [-0.1, -0.05) is 127 Å². The summed E-state index contributed by atoms with van der Waals surface area (Å²) in [4.78, 5) is 0. The molecule has 0 aliphatic heterocycles. The molecule has 1 aliphatic rings. The first-order valence-electron chi connectivity index (χ1n) is 12.0. The van der Waals surface area contributed by atoms with Crippen LogP contribution in [0.1, 0.15) is 107 Å². The third-order valence-corrected chi connectivity index (χ3v) is 11.0. The maximum Gasteiger partial charge on any atom is 0.0230 e. The fraction of sp³-hybridized carbons (Fsp3) is 0.655. The van der Waals surface area contributed by atoms with Crippen molar-refractivity contribution in [3.05, 3.63) is 53.1 Å². The normalized spacial score (nSPS) is 20.9. The van der Waals surface area contributed by atoms with Gasteiger partial charge in [-0.05, 0) is 56.8 Å². The Morgan fingerprint density at radius 1 is 0.767 bits per heavy atom. The molecule has 168 valence electrons. The Balaban J connectivity index is 2.91. The SMILES string of the molecule is CC(C)C1=C(c2ccc(C(C)C)cc2)C(C(C)C)(P(C(C)(C)C)C(C)(C)C)CC=C1. The van der Waals surface area contributed by atoms with Crippen LogP contribution in [-0.4, -0.2) is 15.5 Å². The monoisotopic (exact) mass is 426 g/mol. The molecule has 0 N–H and O–H groups in total. The molecule has 30 heavy (non-hydrogen) atoms. The molecule has 1 aliphatic carbocycles. The lowest BCUT2D eigenvalue weighted by atomic mass is 9.73. The van der Waals surface area contributed by atoms with Gasteiger partial charge in [0, 0.05) is 5.16 Å². The minimum absolute atomic E-state index is 0.180. The van der Waals surface area contributed by atoms with Gasteiger partial charge < -0.3 is 0 Å². The van der Waals surface area contributed by atoms with Crippen molar-refractivity contribution in [1.29, 1.82) is 0 Å². The highest BCUT2D eigenvalue weighted by Gasteiger charge is 2.54. The average molecular weight is 427 g/mol. The van der Waals surface area contributed by atoms with Crippen molar-refractivity contribution in [2.75, 3.05) is 0 Å². The lowest BCUT2D eigenvalue weighted by Crippen LogP contribution is -2.46. The molecule has 0 aromatic heterocycles. The standard InChI is InChI=1S/C29H47P/c1-20(2)23-15-17-24(18-16-23)26-25(21(3)4)14-13-19-29(26,22(5)6)30(27(7,8)9)28(10,11)12/h13-18,20-22H,19H2,1-12H3. The number of rotatable bonds is 5. The van der Waals surface area contributed by atoms with Crippen LogP contribution < -0.4 is 0 Å². The second-order valence-electron chi connectivity index (χ2n) is 12.1. The first-order chi connectivity index (χ1) is 13.6. The minimum atomic E-state index is -0.328. The Kier molecular flexibility index (Phi) is 7.56. The summed E-state index contributed by atoms with van der Waals surface area (Å²) in [6.45, 7) is 29.2. The van der Waals surface area contributed by atoms with E-state index in [9.17, 15) is 0 Å². The topological polar surface area (TPSA) is 0 Å². The van der Waals surface area contributed by atoms with E-state index in [0.29, 0.717) is 17.8 Å². The van der Waals surface area contributed by atoms with E-state index in [-0.39, 0.29) is 23.4 Å². The molecule has 2 rings (SSSR count). The van der Waals surface area contributed by atoms with Gasteiger partial charge in [-0.2, -0.15) is 0 Å². The van der Waals surface area contributed by atoms with Crippen molar-refractivity contribution in [1.82, 2.24) is 0 Å². The van der Waals surface area contributed by atoms with Crippen molar-refractivity contribution >= 4 is 13.5 Å². The van der Waals surface area contributed by atoms with E-state index in [1.807, 2.05) is 0 Å². The number of benzene rings is 1. The zero-order chi connectivity index (χ0) is 23.1. The predicted octanol–water partition coefficient (Wildman–Crippen LogP) is 9.65. The Bertz CT molecular complexity index is 761. The molecule has 0 saturated carbocycles. The second kappa shape index (κ2) is 8.94. The van der Waals surface area contributed by atoms with Gasteiger partial charge in [-0.3, -0.25) is 0 Å². The molecule has 0 radical (unpaired) electrons. The molecule has 0 nitrogen and oxygen atoms in total. The lowest BCUT2D eigenvalue weighted by molar-refractivity contribution is 0.487. The molecule has 1 aromatic carbocycles. The first-order valence-corrected chi connectivity index (χ1v) is 13.3. The maximum absolute atomic E-state index is 2.49. The van der Waals surface area contributed by atoms with Gasteiger partial charge in [0.1, 0.15) is 0 Å². The smallest absolute Gasteiger partial charge is 0.0230 e. The van der Waals surface area contributed by atoms with Crippen LogP contribution in [0, 0.1) is 11.8 Å². The summed E-state index contributed by atoms with van der Waals surface area (Å²) in [5.41, 5.74) is 6.07. The zero-order valence-corrected chi connectivity index (χ0v) is 22.7. The summed E-state index contributed by atoms with van der Waals surface area (Å²) in [6.07, 6.45) is 6.09. The fourth-order valence-electron chi connectivity index (χ4n) is 5.92.